The number of likely N-dealkylation sites (tertiary alicyclic amines) is 1. The molecule has 0 spiro atoms. The number of hydrogen-bond acceptors (Lipinski definition) is 4. The second kappa shape index (κ2) is 8.49. The second-order valence-electron chi connectivity index (χ2n) is 6.75. The van der Waals surface area contributed by atoms with Crippen LogP contribution in [-0.2, 0) is 16.1 Å². The first-order chi connectivity index (χ1) is 11.5. The molecule has 0 saturated carbocycles. The largest absolute Gasteiger partial charge is 0.497 e. The van der Waals surface area contributed by atoms with Crippen LogP contribution in [0.4, 0.5) is 0 Å². The lowest BCUT2D eigenvalue weighted by Gasteiger charge is -2.24. The van der Waals surface area contributed by atoms with E-state index in [4.69, 9.17) is 9.47 Å². The summed E-state index contributed by atoms with van der Waals surface area (Å²) in [5.74, 6) is 1.42. The maximum absolute atomic E-state index is 12.7. The van der Waals surface area contributed by atoms with Gasteiger partial charge < -0.3 is 19.3 Å². The minimum atomic E-state index is -0.436. The van der Waals surface area contributed by atoms with Gasteiger partial charge in [-0.2, -0.15) is 0 Å². The summed E-state index contributed by atoms with van der Waals surface area (Å²) in [6.45, 7) is 6.05. The summed E-state index contributed by atoms with van der Waals surface area (Å²) in [6.07, 6.45) is 0.653. The van der Waals surface area contributed by atoms with E-state index < -0.39 is 6.10 Å². The number of benzene rings is 1. The van der Waals surface area contributed by atoms with Crippen LogP contribution in [0.5, 0.6) is 5.75 Å². The van der Waals surface area contributed by atoms with E-state index in [1.165, 1.54) is 0 Å². The minimum absolute atomic E-state index is 0.0840. The van der Waals surface area contributed by atoms with E-state index in [9.17, 15) is 4.79 Å². The average Bonchev–Trinajstić information content (AvgIpc) is 3.03. The Morgan fingerprint density at radius 1 is 1.38 bits per heavy atom. The fourth-order valence-electron chi connectivity index (χ4n) is 3.33. The predicted octanol–water partition coefficient (Wildman–Crippen LogP) is 2.40. The molecule has 1 saturated heterocycles. The van der Waals surface area contributed by atoms with Crippen molar-refractivity contribution in [2.24, 2.45) is 5.92 Å². The zero-order valence-corrected chi connectivity index (χ0v) is 15.5. The first-order valence-corrected chi connectivity index (χ1v) is 8.66. The molecule has 2 rings (SSSR count). The third kappa shape index (κ3) is 4.48. The van der Waals surface area contributed by atoms with Crippen molar-refractivity contribution in [1.82, 2.24) is 9.80 Å². The fraction of sp³-hybridized carbons (Fsp3) is 0.632. The molecule has 5 nitrogen and oxygen atoms in total. The molecule has 0 aliphatic carbocycles. The number of amides is 1. The summed E-state index contributed by atoms with van der Waals surface area (Å²) >= 11 is 0. The molecule has 1 aromatic rings. The molecule has 0 bridgehead atoms. The molecule has 1 aromatic carbocycles. The standard InChI is InChI=1S/C19H30N2O3/c1-6-16-11-21(12-18(16)20(3)4)19(22)14(2)24-13-15-8-7-9-17(10-15)23-5/h7-10,14,16,18H,6,11-13H2,1-5H3/t14-,16-,18-/m1/s1. The Bertz CT molecular complexity index is 547. The van der Waals surface area contributed by atoms with E-state index in [0.717, 1.165) is 30.8 Å². The second-order valence-corrected chi connectivity index (χ2v) is 6.75. The highest BCUT2D eigenvalue weighted by Crippen LogP contribution is 2.24. The lowest BCUT2D eigenvalue weighted by molar-refractivity contribution is -0.142. The summed E-state index contributed by atoms with van der Waals surface area (Å²) in [6, 6.07) is 8.17. The molecule has 1 fully saturated rings. The van der Waals surface area contributed by atoms with Gasteiger partial charge in [0.25, 0.3) is 5.91 Å². The van der Waals surface area contributed by atoms with E-state index in [0.29, 0.717) is 18.6 Å². The summed E-state index contributed by atoms with van der Waals surface area (Å²) in [5.41, 5.74) is 1.01. The molecular weight excluding hydrogens is 304 g/mol. The van der Waals surface area contributed by atoms with E-state index in [1.807, 2.05) is 36.1 Å². The molecule has 1 aliphatic heterocycles. The molecule has 0 N–H and O–H groups in total. The molecule has 0 aromatic heterocycles. The number of carbonyl (C=O) groups excluding carboxylic acids is 1. The van der Waals surface area contributed by atoms with Crippen LogP contribution < -0.4 is 4.74 Å². The van der Waals surface area contributed by atoms with Gasteiger partial charge in [0.05, 0.1) is 13.7 Å². The third-order valence-corrected chi connectivity index (χ3v) is 4.89. The number of nitrogens with zero attached hydrogens (tertiary/aromatic N) is 2. The van der Waals surface area contributed by atoms with E-state index in [-0.39, 0.29) is 5.91 Å². The molecular formula is C19H30N2O3. The highest BCUT2D eigenvalue weighted by atomic mass is 16.5. The molecule has 5 heteroatoms. The average molecular weight is 334 g/mol. The molecule has 0 radical (unpaired) electrons. The van der Waals surface area contributed by atoms with Crippen molar-refractivity contribution in [3.63, 3.8) is 0 Å². The molecule has 134 valence electrons. The first kappa shape index (κ1) is 18.7. The Labute approximate surface area is 145 Å². The maximum atomic E-state index is 12.7. The van der Waals surface area contributed by atoms with Gasteiger partial charge in [-0.3, -0.25) is 4.79 Å². The van der Waals surface area contributed by atoms with Crippen molar-refractivity contribution in [1.29, 1.82) is 0 Å². The quantitative estimate of drug-likeness (QED) is 0.768. The normalized spacial score (nSPS) is 22.0. The van der Waals surface area contributed by atoms with Crippen molar-refractivity contribution >= 4 is 5.91 Å². The summed E-state index contributed by atoms with van der Waals surface area (Å²) in [5, 5.41) is 0. The van der Waals surface area contributed by atoms with Gasteiger partial charge >= 0.3 is 0 Å². The molecule has 1 amide bonds. The van der Waals surface area contributed by atoms with Gasteiger partial charge in [0, 0.05) is 19.1 Å². The fourth-order valence-corrected chi connectivity index (χ4v) is 3.33. The van der Waals surface area contributed by atoms with Gasteiger partial charge in [0.1, 0.15) is 11.9 Å². The van der Waals surface area contributed by atoms with Gasteiger partial charge in [-0.1, -0.05) is 25.5 Å². The summed E-state index contributed by atoms with van der Waals surface area (Å²) in [7, 11) is 5.82. The highest BCUT2D eigenvalue weighted by Gasteiger charge is 2.36. The molecule has 1 heterocycles. The zero-order chi connectivity index (χ0) is 17.7. The number of likely N-dealkylation sites (N-methyl/N-ethyl adjacent to an activating group) is 1. The zero-order valence-electron chi connectivity index (χ0n) is 15.5. The lowest BCUT2D eigenvalue weighted by atomic mass is 10.0. The van der Waals surface area contributed by atoms with Crippen LogP contribution in [0.1, 0.15) is 25.8 Å². The smallest absolute Gasteiger partial charge is 0.251 e. The van der Waals surface area contributed by atoms with E-state index >= 15 is 0 Å². The highest BCUT2D eigenvalue weighted by molar-refractivity contribution is 5.81. The van der Waals surface area contributed by atoms with Crippen LogP contribution in [0.2, 0.25) is 0 Å². The molecule has 24 heavy (non-hydrogen) atoms. The van der Waals surface area contributed by atoms with Crippen LogP contribution in [0.3, 0.4) is 0 Å². The van der Waals surface area contributed by atoms with Crippen LogP contribution in [-0.4, -0.2) is 62.1 Å². The first-order valence-electron chi connectivity index (χ1n) is 8.66. The molecule has 0 unspecified atom stereocenters. The van der Waals surface area contributed by atoms with Crippen LogP contribution in [0.15, 0.2) is 24.3 Å². The van der Waals surface area contributed by atoms with E-state index in [1.54, 1.807) is 7.11 Å². The molecule has 3 atom stereocenters. The number of methoxy groups -OCH3 is 1. The van der Waals surface area contributed by atoms with Gasteiger partial charge in [0.15, 0.2) is 0 Å². The number of carbonyl (C=O) groups is 1. The number of ether oxygens (including phenoxy) is 2. The Kier molecular flexibility index (Phi) is 6.63. The van der Waals surface area contributed by atoms with Gasteiger partial charge in [-0.05, 0) is 44.6 Å². The van der Waals surface area contributed by atoms with Crippen LogP contribution in [0.25, 0.3) is 0 Å². The minimum Gasteiger partial charge on any atom is -0.497 e. The Hall–Kier alpha value is -1.59. The van der Waals surface area contributed by atoms with Crippen LogP contribution >= 0.6 is 0 Å². The Morgan fingerprint density at radius 2 is 2.12 bits per heavy atom. The third-order valence-electron chi connectivity index (χ3n) is 4.89. The van der Waals surface area contributed by atoms with Crippen molar-refractivity contribution in [3.8, 4) is 5.75 Å². The Balaban J connectivity index is 1.90. The topological polar surface area (TPSA) is 42.0 Å². The SMILES string of the molecule is CC[C@@H]1CN(C(=O)[C@@H](C)OCc2cccc(OC)c2)C[C@H]1N(C)C. The number of rotatable bonds is 7. The maximum Gasteiger partial charge on any atom is 0.251 e. The van der Waals surface area contributed by atoms with Crippen molar-refractivity contribution in [3.05, 3.63) is 29.8 Å². The van der Waals surface area contributed by atoms with Gasteiger partial charge in [0.2, 0.25) is 0 Å². The lowest BCUT2D eigenvalue weighted by Crippen LogP contribution is -2.40. The van der Waals surface area contributed by atoms with Crippen molar-refractivity contribution < 1.29 is 14.3 Å². The predicted molar refractivity (Wildman–Crippen MR) is 95.1 cm³/mol. The van der Waals surface area contributed by atoms with Crippen LogP contribution in [0, 0.1) is 5.92 Å². The van der Waals surface area contributed by atoms with Crippen molar-refractivity contribution in [2.75, 3.05) is 34.3 Å². The monoisotopic (exact) mass is 334 g/mol. The summed E-state index contributed by atoms with van der Waals surface area (Å²) < 4.78 is 11.0. The van der Waals surface area contributed by atoms with E-state index in [2.05, 4.69) is 25.9 Å². The van der Waals surface area contributed by atoms with Gasteiger partial charge in [-0.25, -0.2) is 0 Å². The van der Waals surface area contributed by atoms with Crippen molar-refractivity contribution in [2.45, 2.75) is 39.0 Å². The number of hydrogen-bond donors (Lipinski definition) is 0. The molecule has 1 aliphatic rings. The van der Waals surface area contributed by atoms with Gasteiger partial charge in [-0.15, -0.1) is 0 Å². The Morgan fingerprint density at radius 3 is 2.71 bits per heavy atom. The summed E-state index contributed by atoms with van der Waals surface area (Å²) in [4.78, 5) is 16.9.